The monoisotopic (exact) mass is 253 g/mol. The third-order valence-corrected chi connectivity index (χ3v) is 2.56. The van der Waals surface area contributed by atoms with Gasteiger partial charge in [-0.25, -0.2) is 4.98 Å². The zero-order valence-corrected chi connectivity index (χ0v) is 11.3. The van der Waals surface area contributed by atoms with E-state index in [0.29, 0.717) is 5.95 Å². The topological polar surface area (TPSA) is 67.0 Å². The van der Waals surface area contributed by atoms with E-state index in [1.54, 1.807) is 0 Å². The molecular formula is C13H23N3O2. The number of aryl methyl sites for hydroxylation is 1. The SMILES string of the molecule is CCCCOCCCNc1nc(CC)cc(=O)[nH]1. The largest absolute Gasteiger partial charge is 0.381 e. The first-order chi connectivity index (χ1) is 8.76. The van der Waals surface area contributed by atoms with Crippen molar-refractivity contribution >= 4 is 5.95 Å². The second-order valence-corrected chi connectivity index (χ2v) is 4.19. The Morgan fingerprint density at radius 2 is 2.11 bits per heavy atom. The lowest BCUT2D eigenvalue weighted by molar-refractivity contribution is 0.131. The predicted octanol–water partition coefficient (Wildman–Crippen LogP) is 1.95. The number of unbranched alkanes of at least 4 members (excludes halogenated alkanes) is 1. The molecule has 0 atom stereocenters. The summed E-state index contributed by atoms with van der Waals surface area (Å²) in [6.45, 7) is 6.45. The van der Waals surface area contributed by atoms with Crippen LogP contribution in [0.3, 0.4) is 0 Å². The highest BCUT2D eigenvalue weighted by atomic mass is 16.5. The molecule has 0 spiro atoms. The van der Waals surface area contributed by atoms with Crippen LogP contribution >= 0.6 is 0 Å². The summed E-state index contributed by atoms with van der Waals surface area (Å²) >= 11 is 0. The lowest BCUT2D eigenvalue weighted by Gasteiger charge is -2.06. The summed E-state index contributed by atoms with van der Waals surface area (Å²) in [6, 6.07) is 1.53. The van der Waals surface area contributed by atoms with Gasteiger partial charge in [-0.15, -0.1) is 0 Å². The molecule has 0 amide bonds. The molecule has 1 heterocycles. The summed E-state index contributed by atoms with van der Waals surface area (Å²) in [5, 5.41) is 3.10. The van der Waals surface area contributed by atoms with Crippen molar-refractivity contribution in [1.82, 2.24) is 9.97 Å². The fraction of sp³-hybridized carbons (Fsp3) is 0.692. The summed E-state index contributed by atoms with van der Waals surface area (Å²) in [6.07, 6.45) is 3.94. The van der Waals surface area contributed by atoms with Gasteiger partial charge in [-0.3, -0.25) is 9.78 Å². The predicted molar refractivity (Wildman–Crippen MR) is 73.1 cm³/mol. The molecule has 1 aromatic heterocycles. The Balaban J connectivity index is 2.23. The van der Waals surface area contributed by atoms with Gasteiger partial charge in [0.1, 0.15) is 0 Å². The van der Waals surface area contributed by atoms with Gasteiger partial charge in [-0.2, -0.15) is 0 Å². The normalized spacial score (nSPS) is 10.6. The summed E-state index contributed by atoms with van der Waals surface area (Å²) in [7, 11) is 0. The minimum atomic E-state index is -0.108. The van der Waals surface area contributed by atoms with Crippen LogP contribution in [0.5, 0.6) is 0 Å². The summed E-state index contributed by atoms with van der Waals surface area (Å²) in [5.74, 6) is 0.549. The standard InChI is InChI=1S/C13H23N3O2/c1-3-5-8-18-9-6-7-14-13-15-11(4-2)10-12(17)16-13/h10H,3-9H2,1-2H3,(H2,14,15,16,17). The van der Waals surface area contributed by atoms with E-state index in [9.17, 15) is 4.79 Å². The Morgan fingerprint density at radius 3 is 2.83 bits per heavy atom. The van der Waals surface area contributed by atoms with Crippen molar-refractivity contribution in [3.8, 4) is 0 Å². The van der Waals surface area contributed by atoms with Crippen molar-refractivity contribution in [2.45, 2.75) is 39.5 Å². The molecule has 0 aliphatic heterocycles. The molecule has 18 heavy (non-hydrogen) atoms. The van der Waals surface area contributed by atoms with Crippen LogP contribution < -0.4 is 10.9 Å². The maximum atomic E-state index is 11.3. The van der Waals surface area contributed by atoms with Crippen molar-refractivity contribution in [2.75, 3.05) is 25.1 Å². The molecule has 102 valence electrons. The van der Waals surface area contributed by atoms with Crippen molar-refractivity contribution < 1.29 is 4.74 Å². The quantitative estimate of drug-likeness (QED) is 0.660. The number of nitrogens with zero attached hydrogens (tertiary/aromatic N) is 1. The maximum absolute atomic E-state index is 11.3. The third-order valence-electron chi connectivity index (χ3n) is 2.56. The van der Waals surface area contributed by atoms with Crippen LogP contribution in [0.1, 0.15) is 38.8 Å². The van der Waals surface area contributed by atoms with E-state index in [-0.39, 0.29) is 5.56 Å². The third kappa shape index (κ3) is 5.82. The second kappa shape index (κ2) is 8.69. The average molecular weight is 253 g/mol. The highest BCUT2D eigenvalue weighted by Gasteiger charge is 1.98. The molecular weight excluding hydrogens is 230 g/mol. The van der Waals surface area contributed by atoms with Crippen molar-refractivity contribution in [3.05, 3.63) is 22.1 Å². The molecule has 1 aromatic rings. The van der Waals surface area contributed by atoms with E-state index in [1.807, 2.05) is 6.92 Å². The Hall–Kier alpha value is -1.36. The Labute approximate surface area is 108 Å². The van der Waals surface area contributed by atoms with E-state index in [4.69, 9.17) is 4.74 Å². The number of hydrogen-bond donors (Lipinski definition) is 2. The minimum absolute atomic E-state index is 0.108. The van der Waals surface area contributed by atoms with E-state index >= 15 is 0 Å². The zero-order valence-electron chi connectivity index (χ0n) is 11.3. The van der Waals surface area contributed by atoms with Crippen LogP contribution in [-0.2, 0) is 11.2 Å². The zero-order chi connectivity index (χ0) is 13.2. The minimum Gasteiger partial charge on any atom is -0.381 e. The van der Waals surface area contributed by atoms with Crippen molar-refractivity contribution in [2.24, 2.45) is 0 Å². The lowest BCUT2D eigenvalue weighted by Crippen LogP contribution is -2.15. The molecule has 0 radical (unpaired) electrons. The molecule has 0 saturated heterocycles. The number of nitrogens with one attached hydrogen (secondary N) is 2. The average Bonchev–Trinajstić information content (AvgIpc) is 2.37. The van der Waals surface area contributed by atoms with Crippen LogP contribution in [0.2, 0.25) is 0 Å². The van der Waals surface area contributed by atoms with Crippen LogP contribution in [0.15, 0.2) is 10.9 Å². The van der Waals surface area contributed by atoms with E-state index in [0.717, 1.165) is 51.1 Å². The van der Waals surface area contributed by atoms with E-state index < -0.39 is 0 Å². The summed E-state index contributed by atoms with van der Waals surface area (Å²) in [5.41, 5.74) is 0.698. The fourth-order valence-corrected chi connectivity index (χ4v) is 1.50. The molecule has 0 unspecified atom stereocenters. The first kappa shape index (κ1) is 14.7. The first-order valence-corrected chi connectivity index (χ1v) is 6.68. The number of anilines is 1. The number of rotatable bonds is 9. The van der Waals surface area contributed by atoms with Gasteiger partial charge in [0.25, 0.3) is 5.56 Å². The van der Waals surface area contributed by atoms with Crippen LogP contribution in [0.4, 0.5) is 5.95 Å². The fourth-order valence-electron chi connectivity index (χ4n) is 1.50. The van der Waals surface area contributed by atoms with E-state index in [1.165, 1.54) is 6.07 Å². The van der Waals surface area contributed by atoms with Crippen molar-refractivity contribution in [3.63, 3.8) is 0 Å². The number of ether oxygens (including phenoxy) is 1. The number of aromatic nitrogens is 2. The van der Waals surface area contributed by atoms with E-state index in [2.05, 4.69) is 22.2 Å². The van der Waals surface area contributed by atoms with Gasteiger partial charge in [0.05, 0.1) is 0 Å². The molecule has 0 fully saturated rings. The molecule has 2 N–H and O–H groups in total. The highest BCUT2D eigenvalue weighted by molar-refractivity contribution is 5.24. The second-order valence-electron chi connectivity index (χ2n) is 4.19. The number of aromatic amines is 1. The highest BCUT2D eigenvalue weighted by Crippen LogP contribution is 1.98. The Bertz CT molecular complexity index is 390. The van der Waals surface area contributed by atoms with Gasteiger partial charge in [-0.1, -0.05) is 20.3 Å². The van der Waals surface area contributed by atoms with Gasteiger partial charge in [0, 0.05) is 31.5 Å². The molecule has 0 aromatic carbocycles. The summed E-state index contributed by atoms with van der Waals surface area (Å²) < 4.78 is 5.45. The maximum Gasteiger partial charge on any atom is 0.252 e. The molecule has 0 saturated carbocycles. The number of hydrogen-bond acceptors (Lipinski definition) is 4. The smallest absolute Gasteiger partial charge is 0.252 e. The van der Waals surface area contributed by atoms with Gasteiger partial charge < -0.3 is 10.1 Å². The van der Waals surface area contributed by atoms with Crippen LogP contribution in [-0.4, -0.2) is 29.7 Å². The van der Waals surface area contributed by atoms with Gasteiger partial charge in [-0.05, 0) is 19.3 Å². The molecule has 5 nitrogen and oxygen atoms in total. The van der Waals surface area contributed by atoms with Gasteiger partial charge in [0.15, 0.2) is 0 Å². The summed E-state index contributed by atoms with van der Waals surface area (Å²) in [4.78, 5) is 18.3. The van der Waals surface area contributed by atoms with Crippen molar-refractivity contribution in [1.29, 1.82) is 0 Å². The van der Waals surface area contributed by atoms with Crippen LogP contribution in [0.25, 0.3) is 0 Å². The molecule has 1 rings (SSSR count). The lowest BCUT2D eigenvalue weighted by atomic mass is 10.3. The van der Waals surface area contributed by atoms with Gasteiger partial charge >= 0.3 is 0 Å². The molecule has 0 aliphatic rings. The molecule has 0 bridgehead atoms. The Morgan fingerprint density at radius 1 is 1.33 bits per heavy atom. The Kier molecular flexibility index (Phi) is 7.10. The molecule has 5 heteroatoms. The number of H-pyrrole nitrogens is 1. The van der Waals surface area contributed by atoms with Crippen LogP contribution in [0, 0.1) is 0 Å². The van der Waals surface area contributed by atoms with Gasteiger partial charge in [0.2, 0.25) is 5.95 Å². The first-order valence-electron chi connectivity index (χ1n) is 6.68. The molecule has 0 aliphatic carbocycles.